The molecular weight excluding hydrogens is 650 g/mol. The third kappa shape index (κ3) is 6.31. The van der Waals surface area contributed by atoms with Gasteiger partial charge < -0.3 is 14.4 Å². The fourth-order valence-corrected chi connectivity index (χ4v) is 7.39. The predicted octanol–water partition coefficient (Wildman–Crippen LogP) is 7.81. The van der Waals surface area contributed by atoms with E-state index in [2.05, 4.69) is 4.74 Å². The van der Waals surface area contributed by atoms with E-state index in [1.807, 2.05) is 0 Å². The molecule has 1 fully saturated rings. The molecule has 3 aromatic carbocycles. The molecule has 1 atom stereocenters. The zero-order valence-corrected chi connectivity index (χ0v) is 25.5. The first-order valence-electron chi connectivity index (χ1n) is 13.8. The first-order valence-corrected chi connectivity index (χ1v) is 15.2. The third-order valence-electron chi connectivity index (χ3n) is 7.56. The first-order chi connectivity index (χ1) is 21.2. The zero-order chi connectivity index (χ0) is 34.3. The molecule has 0 bridgehead atoms. The number of hydrogen-bond acceptors (Lipinski definition) is 5. The van der Waals surface area contributed by atoms with Crippen LogP contribution in [0.15, 0.2) is 77.7 Å². The van der Waals surface area contributed by atoms with Crippen molar-refractivity contribution in [3.05, 3.63) is 101 Å². The van der Waals surface area contributed by atoms with E-state index in [0.29, 0.717) is 24.3 Å². The van der Waals surface area contributed by atoms with E-state index in [-0.39, 0.29) is 23.4 Å². The minimum Gasteiger partial charge on any atom is -0.444 e. The smallest absolute Gasteiger partial charge is 0.430 e. The van der Waals surface area contributed by atoms with Crippen molar-refractivity contribution < 1.29 is 57.8 Å². The van der Waals surface area contributed by atoms with Gasteiger partial charge in [0.05, 0.1) is 11.5 Å². The highest BCUT2D eigenvalue weighted by atomic mass is 32.2. The van der Waals surface area contributed by atoms with Crippen LogP contribution < -0.4 is 0 Å². The summed E-state index contributed by atoms with van der Waals surface area (Å²) in [6.07, 6.45) is -13.5. The molecule has 0 spiro atoms. The summed E-state index contributed by atoms with van der Waals surface area (Å²) in [6.45, 7) is 2.34. The van der Waals surface area contributed by atoms with Crippen molar-refractivity contribution in [2.24, 2.45) is 0 Å². The number of alkyl halides is 6. The Morgan fingerprint density at radius 1 is 0.826 bits per heavy atom. The Bertz CT molecular complexity index is 1640. The van der Waals surface area contributed by atoms with Crippen LogP contribution in [0, 0.1) is 11.6 Å². The van der Waals surface area contributed by atoms with Gasteiger partial charge >= 0.3 is 18.4 Å². The summed E-state index contributed by atoms with van der Waals surface area (Å²) in [6, 6.07) is 11.5. The van der Waals surface area contributed by atoms with E-state index in [1.165, 1.54) is 24.3 Å². The quantitative estimate of drug-likeness (QED) is 0.238. The van der Waals surface area contributed by atoms with Gasteiger partial charge in [-0.2, -0.15) is 26.3 Å². The maximum absolute atomic E-state index is 14.4. The Hall–Kier alpha value is -3.72. The lowest BCUT2D eigenvalue weighted by molar-refractivity contribution is -0.392. The van der Waals surface area contributed by atoms with Gasteiger partial charge in [-0.05, 0) is 57.0 Å². The molecule has 0 aromatic heterocycles. The molecule has 1 heterocycles. The third-order valence-corrected chi connectivity index (χ3v) is 10.1. The lowest BCUT2D eigenvalue weighted by Crippen LogP contribution is -2.56. The maximum atomic E-state index is 14.4. The molecule has 0 N–H and O–H groups in total. The van der Waals surface area contributed by atoms with Crippen LogP contribution in [0.2, 0.25) is 0 Å². The molecule has 15 heteroatoms. The molecule has 1 unspecified atom stereocenters. The fourth-order valence-electron chi connectivity index (χ4n) is 5.29. The van der Waals surface area contributed by atoms with Crippen LogP contribution in [0.3, 0.4) is 0 Å². The SMILES string of the molecule is CC(C)(C)OC(=O)N1CCC(c2ccc(C(OCc3c(F)cccc3F)(C(F)(F)F)C(F)(F)F)cc2)(S(=O)(=O)c2ccccc2)C1. The van der Waals surface area contributed by atoms with E-state index >= 15 is 0 Å². The number of ether oxygens (including phenoxy) is 2. The molecule has 46 heavy (non-hydrogen) atoms. The number of amides is 1. The highest BCUT2D eigenvalue weighted by Crippen LogP contribution is 2.54. The van der Waals surface area contributed by atoms with Gasteiger partial charge in [-0.3, -0.25) is 0 Å². The second kappa shape index (κ2) is 12.1. The minimum absolute atomic E-state index is 0.158. The highest BCUT2D eigenvalue weighted by molar-refractivity contribution is 7.92. The molecule has 0 saturated carbocycles. The van der Waals surface area contributed by atoms with Gasteiger partial charge in [-0.25, -0.2) is 22.0 Å². The fraction of sp³-hybridized carbons (Fsp3) is 0.387. The van der Waals surface area contributed by atoms with Crippen molar-refractivity contribution in [3.8, 4) is 0 Å². The van der Waals surface area contributed by atoms with Crippen molar-refractivity contribution >= 4 is 15.9 Å². The topological polar surface area (TPSA) is 72.9 Å². The molecule has 250 valence electrons. The Balaban J connectivity index is 1.84. The molecule has 1 aliphatic heterocycles. The second-order valence-electron chi connectivity index (χ2n) is 11.7. The van der Waals surface area contributed by atoms with Gasteiger partial charge in [0, 0.05) is 24.2 Å². The summed E-state index contributed by atoms with van der Waals surface area (Å²) >= 11 is 0. The standard InChI is InChI=1S/C31H29F8NO5S/c1-27(2,3)45-26(41)40-17-16-28(19-40,46(42,43)22-8-5-4-6-9-22)20-12-14-21(15-13-20)29(30(34,35)36,31(37,38)39)44-18-23-24(32)10-7-11-25(23)33/h4-15H,16-19H2,1-3H3. The number of halogens is 8. The van der Waals surface area contributed by atoms with Crippen LogP contribution in [0.25, 0.3) is 0 Å². The number of rotatable bonds is 7. The van der Waals surface area contributed by atoms with Crippen molar-refractivity contribution in [2.75, 3.05) is 13.1 Å². The summed E-state index contributed by atoms with van der Waals surface area (Å²) in [5.41, 5.74) is -8.88. The monoisotopic (exact) mass is 679 g/mol. The number of carbonyl (C=O) groups excluding carboxylic acids is 1. The average molecular weight is 680 g/mol. The van der Waals surface area contributed by atoms with Gasteiger partial charge in [0.1, 0.15) is 22.0 Å². The first kappa shape index (κ1) is 35.1. The van der Waals surface area contributed by atoms with Gasteiger partial charge in [-0.1, -0.05) is 48.5 Å². The Morgan fingerprint density at radius 2 is 1.37 bits per heavy atom. The Morgan fingerprint density at radius 3 is 1.87 bits per heavy atom. The van der Waals surface area contributed by atoms with Crippen LogP contribution in [-0.4, -0.2) is 50.5 Å². The minimum atomic E-state index is -6.19. The van der Waals surface area contributed by atoms with Crippen molar-refractivity contribution in [3.63, 3.8) is 0 Å². The maximum Gasteiger partial charge on any atom is 0.430 e. The van der Waals surface area contributed by atoms with E-state index < -0.39 is 80.1 Å². The average Bonchev–Trinajstić information content (AvgIpc) is 3.41. The van der Waals surface area contributed by atoms with Crippen LogP contribution in [-0.2, 0) is 36.3 Å². The van der Waals surface area contributed by atoms with Crippen LogP contribution in [0.1, 0.15) is 43.9 Å². The number of nitrogens with zero attached hydrogens (tertiary/aromatic N) is 1. The highest BCUT2D eigenvalue weighted by Gasteiger charge is 2.73. The second-order valence-corrected chi connectivity index (χ2v) is 14.0. The van der Waals surface area contributed by atoms with E-state index in [4.69, 9.17) is 4.74 Å². The number of benzene rings is 3. The van der Waals surface area contributed by atoms with E-state index in [9.17, 15) is 48.3 Å². The van der Waals surface area contributed by atoms with Gasteiger partial charge in [-0.15, -0.1) is 0 Å². The summed E-state index contributed by atoms with van der Waals surface area (Å²) in [4.78, 5) is 13.8. The summed E-state index contributed by atoms with van der Waals surface area (Å²) in [7, 11) is -4.43. The van der Waals surface area contributed by atoms with Gasteiger partial charge in [0.15, 0.2) is 9.84 Å². The molecule has 0 aliphatic carbocycles. The van der Waals surface area contributed by atoms with Gasteiger partial charge in [0.2, 0.25) is 0 Å². The number of hydrogen-bond donors (Lipinski definition) is 0. The molecule has 1 amide bonds. The predicted molar refractivity (Wildman–Crippen MR) is 149 cm³/mol. The van der Waals surface area contributed by atoms with Crippen molar-refractivity contribution in [2.45, 2.75) is 67.0 Å². The molecule has 1 aliphatic rings. The molecule has 6 nitrogen and oxygen atoms in total. The Labute approximate surface area is 259 Å². The largest absolute Gasteiger partial charge is 0.444 e. The summed E-state index contributed by atoms with van der Waals surface area (Å²) in [5, 5.41) is 0. The normalized spacial score (nSPS) is 18.1. The number of likely N-dealkylation sites (tertiary alicyclic amines) is 1. The van der Waals surface area contributed by atoms with Crippen LogP contribution in [0.4, 0.5) is 39.9 Å². The van der Waals surface area contributed by atoms with Crippen LogP contribution in [0.5, 0.6) is 0 Å². The lowest BCUT2D eigenvalue weighted by Gasteiger charge is -2.38. The summed E-state index contributed by atoms with van der Waals surface area (Å²) in [5.74, 6) is -2.84. The molecule has 0 radical (unpaired) electrons. The molecule has 3 aromatic rings. The lowest BCUT2D eigenvalue weighted by atomic mass is 9.88. The molecule has 4 rings (SSSR count). The number of carbonyl (C=O) groups is 1. The van der Waals surface area contributed by atoms with Crippen molar-refractivity contribution in [1.82, 2.24) is 4.90 Å². The van der Waals surface area contributed by atoms with Crippen molar-refractivity contribution in [1.29, 1.82) is 0 Å². The number of sulfone groups is 1. The molecule has 1 saturated heterocycles. The van der Waals surface area contributed by atoms with E-state index in [0.717, 1.165) is 23.1 Å². The zero-order valence-electron chi connectivity index (χ0n) is 24.7. The Kier molecular flexibility index (Phi) is 9.27. The summed E-state index contributed by atoms with van der Waals surface area (Å²) < 4.78 is 151. The van der Waals surface area contributed by atoms with E-state index in [1.54, 1.807) is 26.8 Å². The van der Waals surface area contributed by atoms with Gasteiger partial charge in [0.25, 0.3) is 5.60 Å². The van der Waals surface area contributed by atoms with Crippen LogP contribution >= 0.6 is 0 Å². The molecular formula is C31H29F8NO5S.